The molecule has 0 radical (unpaired) electrons. The van der Waals surface area contributed by atoms with Crippen molar-refractivity contribution in [1.82, 2.24) is 0 Å². The number of hydrogen-bond donors (Lipinski definition) is 0. The summed E-state index contributed by atoms with van der Waals surface area (Å²) in [6.45, 7) is 6.10. The van der Waals surface area contributed by atoms with Gasteiger partial charge in [-0.2, -0.15) is 0 Å². The second kappa shape index (κ2) is 5.45. The van der Waals surface area contributed by atoms with Crippen molar-refractivity contribution >= 4 is 22.0 Å². The topological polar surface area (TPSA) is 0 Å². The maximum atomic E-state index is 13.0. The molecule has 2 heteroatoms. The minimum absolute atomic E-state index is 0.142. The van der Waals surface area contributed by atoms with E-state index in [1.54, 1.807) is 6.92 Å². The molecule has 0 fully saturated rings. The zero-order valence-corrected chi connectivity index (χ0v) is 10.9. The van der Waals surface area contributed by atoms with Gasteiger partial charge in [0, 0.05) is 5.33 Å². The molecular formula is C13H16BrF. The molecule has 0 bridgehead atoms. The summed E-state index contributed by atoms with van der Waals surface area (Å²) in [5.74, 6) is 0.367. The highest BCUT2D eigenvalue weighted by Crippen LogP contribution is 2.18. The highest BCUT2D eigenvalue weighted by Gasteiger charge is 2.02. The summed E-state index contributed by atoms with van der Waals surface area (Å²) in [4.78, 5) is 0. The zero-order valence-electron chi connectivity index (χ0n) is 9.35. The second-order valence-electron chi connectivity index (χ2n) is 4.02. The van der Waals surface area contributed by atoms with Crippen LogP contribution in [0.25, 0.3) is 6.08 Å². The molecule has 0 aliphatic rings. The summed E-state index contributed by atoms with van der Waals surface area (Å²) >= 11 is 3.46. The molecule has 0 aliphatic heterocycles. The maximum absolute atomic E-state index is 13.0. The molecule has 0 atom stereocenters. The first-order valence-corrected chi connectivity index (χ1v) is 6.19. The fourth-order valence-corrected chi connectivity index (χ4v) is 2.14. The minimum Gasteiger partial charge on any atom is -0.207 e. The largest absolute Gasteiger partial charge is 0.207 e. The Labute approximate surface area is 99.3 Å². The molecule has 1 aromatic carbocycles. The van der Waals surface area contributed by atoms with Crippen molar-refractivity contribution in [1.29, 1.82) is 0 Å². The molecule has 0 spiro atoms. The molecule has 0 heterocycles. The number of alkyl halides is 1. The van der Waals surface area contributed by atoms with Crippen molar-refractivity contribution in [2.75, 3.05) is 5.33 Å². The maximum Gasteiger partial charge on any atom is 0.126 e. The lowest BCUT2D eigenvalue weighted by molar-refractivity contribution is 0.618. The van der Waals surface area contributed by atoms with E-state index >= 15 is 0 Å². The van der Waals surface area contributed by atoms with Gasteiger partial charge >= 0.3 is 0 Å². The van der Waals surface area contributed by atoms with Crippen LogP contribution in [0.15, 0.2) is 23.8 Å². The molecule has 0 nitrogen and oxygen atoms in total. The van der Waals surface area contributed by atoms with Crippen LogP contribution >= 0.6 is 15.9 Å². The van der Waals surface area contributed by atoms with Gasteiger partial charge < -0.3 is 0 Å². The third-order valence-electron chi connectivity index (χ3n) is 2.43. The van der Waals surface area contributed by atoms with Crippen LogP contribution in [0.4, 0.5) is 4.39 Å². The molecule has 0 saturated heterocycles. The average molecular weight is 271 g/mol. The molecule has 15 heavy (non-hydrogen) atoms. The number of rotatable bonds is 3. The van der Waals surface area contributed by atoms with Gasteiger partial charge in [0.2, 0.25) is 0 Å². The van der Waals surface area contributed by atoms with Crippen LogP contribution in [0.5, 0.6) is 0 Å². The minimum atomic E-state index is -0.142. The Kier molecular flexibility index (Phi) is 4.52. The van der Waals surface area contributed by atoms with E-state index in [4.69, 9.17) is 0 Å². The van der Waals surface area contributed by atoms with Crippen LogP contribution in [0.1, 0.15) is 25.0 Å². The summed E-state index contributed by atoms with van der Waals surface area (Å²) in [6, 6.07) is 5.21. The molecule has 1 rings (SSSR count). The van der Waals surface area contributed by atoms with Gasteiger partial charge in [0.15, 0.2) is 0 Å². The number of benzene rings is 1. The molecule has 0 N–H and O–H groups in total. The van der Waals surface area contributed by atoms with E-state index in [2.05, 4.69) is 35.9 Å². The fourth-order valence-electron chi connectivity index (χ4n) is 1.33. The summed E-state index contributed by atoms with van der Waals surface area (Å²) in [6.07, 6.45) is 2.12. The molecule has 0 saturated carbocycles. The van der Waals surface area contributed by atoms with Crippen LogP contribution in [0.2, 0.25) is 0 Å². The van der Waals surface area contributed by atoms with Gasteiger partial charge in [-0.1, -0.05) is 47.5 Å². The van der Waals surface area contributed by atoms with Crippen molar-refractivity contribution < 1.29 is 4.39 Å². The second-order valence-corrected chi connectivity index (χ2v) is 4.58. The molecule has 0 aromatic heterocycles. The Morgan fingerprint density at radius 1 is 1.47 bits per heavy atom. The first-order valence-electron chi connectivity index (χ1n) is 5.07. The van der Waals surface area contributed by atoms with E-state index < -0.39 is 0 Å². The Morgan fingerprint density at radius 2 is 2.13 bits per heavy atom. The lowest BCUT2D eigenvalue weighted by Crippen LogP contribution is -1.95. The summed E-state index contributed by atoms with van der Waals surface area (Å²) in [7, 11) is 0. The van der Waals surface area contributed by atoms with Gasteiger partial charge in [-0.05, 0) is 36.1 Å². The Bertz CT molecular complexity index is 367. The molecule has 0 unspecified atom stereocenters. The first-order chi connectivity index (χ1) is 7.04. The van der Waals surface area contributed by atoms with Gasteiger partial charge in [-0.3, -0.25) is 0 Å². The molecule has 82 valence electrons. The van der Waals surface area contributed by atoms with Crippen molar-refractivity contribution in [2.24, 2.45) is 5.92 Å². The molecule has 0 amide bonds. The van der Waals surface area contributed by atoms with Crippen molar-refractivity contribution in [3.63, 3.8) is 0 Å². The number of aryl methyl sites for hydroxylation is 1. The normalized spacial score (nSPS) is 12.3. The van der Waals surface area contributed by atoms with Crippen molar-refractivity contribution in [2.45, 2.75) is 20.8 Å². The zero-order chi connectivity index (χ0) is 11.4. The highest BCUT2D eigenvalue weighted by atomic mass is 79.9. The Hall–Kier alpha value is -0.630. The summed E-state index contributed by atoms with van der Waals surface area (Å²) in [5, 5.41) is 0.862. The van der Waals surface area contributed by atoms with Crippen LogP contribution in [-0.4, -0.2) is 5.33 Å². The quantitative estimate of drug-likeness (QED) is 0.706. The van der Waals surface area contributed by atoms with Gasteiger partial charge in [0.25, 0.3) is 0 Å². The smallest absolute Gasteiger partial charge is 0.126 e. The van der Waals surface area contributed by atoms with Gasteiger partial charge in [0.05, 0.1) is 0 Å². The Balaban J connectivity index is 3.01. The lowest BCUT2D eigenvalue weighted by atomic mass is 10.0. The third kappa shape index (κ3) is 3.45. The van der Waals surface area contributed by atoms with E-state index in [9.17, 15) is 4.39 Å². The first kappa shape index (κ1) is 12.4. The predicted octanol–water partition coefficient (Wildman–Crippen LogP) is 4.57. The summed E-state index contributed by atoms with van der Waals surface area (Å²) in [5.41, 5.74) is 3.08. The van der Waals surface area contributed by atoms with Gasteiger partial charge in [-0.15, -0.1) is 0 Å². The third-order valence-corrected chi connectivity index (χ3v) is 3.08. The van der Waals surface area contributed by atoms with Crippen molar-refractivity contribution in [3.8, 4) is 0 Å². The average Bonchev–Trinajstić information content (AvgIpc) is 2.19. The highest BCUT2D eigenvalue weighted by molar-refractivity contribution is 9.09. The van der Waals surface area contributed by atoms with E-state index in [0.717, 1.165) is 10.9 Å². The van der Waals surface area contributed by atoms with E-state index in [0.29, 0.717) is 11.5 Å². The number of halogens is 2. The van der Waals surface area contributed by atoms with Crippen LogP contribution in [0.3, 0.4) is 0 Å². The van der Waals surface area contributed by atoms with Crippen molar-refractivity contribution in [3.05, 3.63) is 40.7 Å². The summed E-state index contributed by atoms with van der Waals surface area (Å²) < 4.78 is 13.0. The van der Waals surface area contributed by atoms with Gasteiger partial charge in [0.1, 0.15) is 5.82 Å². The lowest BCUT2D eigenvalue weighted by Gasteiger charge is -2.08. The standard InChI is InChI=1S/C13H16BrF/c1-9(2)12(8-14)7-11-4-5-13(15)10(3)6-11/h4-7,9H,8H2,1-3H3/b12-7+. The predicted molar refractivity (Wildman–Crippen MR) is 67.7 cm³/mol. The molecule has 1 aromatic rings. The van der Waals surface area contributed by atoms with E-state index in [1.165, 1.54) is 11.6 Å². The van der Waals surface area contributed by atoms with Crippen LogP contribution in [-0.2, 0) is 0 Å². The molecule has 0 aliphatic carbocycles. The van der Waals surface area contributed by atoms with E-state index in [1.807, 2.05) is 12.1 Å². The van der Waals surface area contributed by atoms with Gasteiger partial charge in [-0.25, -0.2) is 4.39 Å². The van der Waals surface area contributed by atoms with Crippen LogP contribution < -0.4 is 0 Å². The van der Waals surface area contributed by atoms with Crippen LogP contribution in [0, 0.1) is 18.7 Å². The fraction of sp³-hybridized carbons (Fsp3) is 0.385. The van der Waals surface area contributed by atoms with E-state index in [-0.39, 0.29) is 5.82 Å². The Morgan fingerprint density at radius 3 is 2.60 bits per heavy atom. The SMILES string of the molecule is Cc1cc(/C=C(\CBr)C(C)C)ccc1F. The monoisotopic (exact) mass is 270 g/mol. The number of allylic oxidation sites excluding steroid dienone is 1. The molecular weight excluding hydrogens is 255 g/mol. The number of hydrogen-bond acceptors (Lipinski definition) is 0.